The van der Waals surface area contributed by atoms with Crippen LogP contribution in [0, 0.1) is 5.82 Å². The number of hydrogen-bond acceptors (Lipinski definition) is 2. The molecule has 0 N–H and O–H groups in total. The Hall–Kier alpha value is -3.20. The number of carbonyl (C=O) groups excluding carboxylic acids is 1. The van der Waals surface area contributed by atoms with Gasteiger partial charge >= 0.3 is 0 Å². The second kappa shape index (κ2) is 7.38. The van der Waals surface area contributed by atoms with Crippen LogP contribution < -0.4 is 4.74 Å². The predicted octanol–water partition coefficient (Wildman–Crippen LogP) is 5.51. The van der Waals surface area contributed by atoms with E-state index in [0.717, 1.165) is 0 Å². The van der Waals surface area contributed by atoms with Crippen LogP contribution in [0.25, 0.3) is 6.08 Å². The molecule has 0 spiro atoms. The molecule has 0 heterocycles. The number of ether oxygens (including phenoxy) is 1. The number of para-hydroxylation sites is 1. The highest BCUT2D eigenvalue weighted by Gasteiger charge is 2.04. The summed E-state index contributed by atoms with van der Waals surface area (Å²) in [4.78, 5) is 12.3. The molecule has 0 aliphatic heterocycles. The van der Waals surface area contributed by atoms with Crippen molar-refractivity contribution in [3.05, 3.63) is 102 Å². The third-order valence-electron chi connectivity index (χ3n) is 3.37. The number of ketones is 1. The summed E-state index contributed by atoms with van der Waals surface area (Å²) in [6.07, 6.45) is 3.02. The first-order valence-electron chi connectivity index (χ1n) is 7.52. The van der Waals surface area contributed by atoms with Gasteiger partial charge in [-0.3, -0.25) is 4.79 Å². The maximum atomic E-state index is 13.1. The molecule has 0 aliphatic rings. The smallest absolute Gasteiger partial charge is 0.185 e. The number of benzene rings is 3. The quantitative estimate of drug-likeness (QED) is 0.458. The second-order valence-electron chi connectivity index (χ2n) is 5.20. The van der Waals surface area contributed by atoms with E-state index >= 15 is 0 Å². The molecule has 0 radical (unpaired) electrons. The second-order valence-corrected chi connectivity index (χ2v) is 5.20. The highest BCUT2D eigenvalue weighted by atomic mass is 19.1. The van der Waals surface area contributed by atoms with E-state index in [1.807, 2.05) is 30.3 Å². The SMILES string of the molecule is O=C(/C=C/c1cccc(F)c1)c1cccc(Oc2ccccc2)c1. The molecule has 0 saturated carbocycles. The maximum absolute atomic E-state index is 13.1. The normalized spacial score (nSPS) is 10.7. The van der Waals surface area contributed by atoms with E-state index in [2.05, 4.69) is 0 Å². The van der Waals surface area contributed by atoms with Gasteiger partial charge < -0.3 is 4.74 Å². The first kappa shape index (κ1) is 15.7. The van der Waals surface area contributed by atoms with Crippen molar-refractivity contribution in [2.75, 3.05) is 0 Å². The lowest BCUT2D eigenvalue weighted by Gasteiger charge is -2.06. The van der Waals surface area contributed by atoms with Crippen LogP contribution in [0.4, 0.5) is 4.39 Å². The number of halogens is 1. The Labute approximate surface area is 139 Å². The van der Waals surface area contributed by atoms with Gasteiger partial charge in [-0.15, -0.1) is 0 Å². The Morgan fingerprint density at radius 3 is 2.38 bits per heavy atom. The minimum Gasteiger partial charge on any atom is -0.457 e. The number of rotatable bonds is 5. The summed E-state index contributed by atoms with van der Waals surface area (Å²) in [5.41, 5.74) is 1.15. The van der Waals surface area contributed by atoms with Gasteiger partial charge in [-0.05, 0) is 48.0 Å². The van der Waals surface area contributed by atoms with Crippen LogP contribution in [-0.2, 0) is 0 Å². The highest BCUT2D eigenvalue weighted by molar-refractivity contribution is 6.07. The van der Waals surface area contributed by atoms with Crippen LogP contribution in [0.1, 0.15) is 15.9 Å². The van der Waals surface area contributed by atoms with Gasteiger partial charge in [-0.1, -0.05) is 48.5 Å². The van der Waals surface area contributed by atoms with Crippen LogP contribution in [0.5, 0.6) is 11.5 Å². The largest absolute Gasteiger partial charge is 0.457 e. The fourth-order valence-corrected chi connectivity index (χ4v) is 2.22. The third kappa shape index (κ3) is 4.17. The molecule has 118 valence electrons. The number of hydrogen-bond donors (Lipinski definition) is 0. The molecule has 0 aliphatic carbocycles. The van der Waals surface area contributed by atoms with E-state index in [-0.39, 0.29) is 11.6 Å². The zero-order chi connectivity index (χ0) is 16.8. The molecule has 0 atom stereocenters. The van der Waals surface area contributed by atoms with Gasteiger partial charge in [0.15, 0.2) is 5.78 Å². The van der Waals surface area contributed by atoms with Crippen molar-refractivity contribution < 1.29 is 13.9 Å². The fourth-order valence-electron chi connectivity index (χ4n) is 2.22. The number of allylic oxidation sites excluding steroid dienone is 1. The van der Waals surface area contributed by atoms with Gasteiger partial charge in [0.1, 0.15) is 17.3 Å². The van der Waals surface area contributed by atoms with Gasteiger partial charge in [-0.25, -0.2) is 4.39 Å². The van der Waals surface area contributed by atoms with Gasteiger partial charge in [0.2, 0.25) is 0 Å². The van der Waals surface area contributed by atoms with Crippen LogP contribution >= 0.6 is 0 Å². The first-order chi connectivity index (χ1) is 11.7. The van der Waals surface area contributed by atoms with Crippen LogP contribution in [0.3, 0.4) is 0 Å². The molecule has 0 aromatic heterocycles. The van der Waals surface area contributed by atoms with Gasteiger partial charge in [-0.2, -0.15) is 0 Å². The first-order valence-corrected chi connectivity index (χ1v) is 7.52. The maximum Gasteiger partial charge on any atom is 0.185 e. The van der Waals surface area contributed by atoms with E-state index in [1.54, 1.807) is 42.5 Å². The lowest BCUT2D eigenvalue weighted by molar-refractivity contribution is 0.104. The average Bonchev–Trinajstić information content (AvgIpc) is 2.61. The summed E-state index contributed by atoms with van der Waals surface area (Å²) in [5, 5.41) is 0. The Bertz CT molecular complexity index is 870. The zero-order valence-corrected chi connectivity index (χ0v) is 12.9. The van der Waals surface area contributed by atoms with Crippen molar-refractivity contribution in [2.45, 2.75) is 0 Å². The third-order valence-corrected chi connectivity index (χ3v) is 3.37. The standard InChI is InChI=1S/C21H15FO2/c22-18-8-4-6-16(14-18)12-13-21(23)17-7-5-11-20(15-17)24-19-9-2-1-3-10-19/h1-15H/b13-12+. The minimum absolute atomic E-state index is 0.169. The molecule has 2 nitrogen and oxygen atoms in total. The Morgan fingerprint density at radius 1 is 0.833 bits per heavy atom. The Balaban J connectivity index is 1.74. The average molecular weight is 318 g/mol. The summed E-state index contributed by atoms with van der Waals surface area (Å²) in [7, 11) is 0. The fraction of sp³-hybridized carbons (Fsp3) is 0. The molecular weight excluding hydrogens is 303 g/mol. The zero-order valence-electron chi connectivity index (χ0n) is 12.9. The van der Waals surface area contributed by atoms with Crippen molar-refractivity contribution in [1.82, 2.24) is 0 Å². The summed E-state index contributed by atoms with van der Waals surface area (Å²) >= 11 is 0. The Morgan fingerprint density at radius 2 is 1.58 bits per heavy atom. The molecule has 24 heavy (non-hydrogen) atoms. The molecule has 0 saturated heterocycles. The molecule has 3 rings (SSSR count). The highest BCUT2D eigenvalue weighted by Crippen LogP contribution is 2.22. The van der Waals surface area contributed by atoms with Crippen molar-refractivity contribution in [3.8, 4) is 11.5 Å². The molecule has 3 aromatic carbocycles. The van der Waals surface area contributed by atoms with Crippen molar-refractivity contribution in [1.29, 1.82) is 0 Å². The van der Waals surface area contributed by atoms with E-state index in [1.165, 1.54) is 18.2 Å². The lowest BCUT2D eigenvalue weighted by atomic mass is 10.1. The van der Waals surface area contributed by atoms with Crippen molar-refractivity contribution in [3.63, 3.8) is 0 Å². The van der Waals surface area contributed by atoms with E-state index in [0.29, 0.717) is 22.6 Å². The molecule has 0 amide bonds. The van der Waals surface area contributed by atoms with Crippen LogP contribution in [0.2, 0.25) is 0 Å². The molecule has 0 bridgehead atoms. The van der Waals surface area contributed by atoms with E-state index < -0.39 is 0 Å². The molecule has 3 aromatic rings. The molecule has 0 fully saturated rings. The van der Waals surface area contributed by atoms with Crippen LogP contribution in [-0.4, -0.2) is 5.78 Å². The van der Waals surface area contributed by atoms with E-state index in [9.17, 15) is 9.18 Å². The predicted molar refractivity (Wildman–Crippen MR) is 92.7 cm³/mol. The van der Waals surface area contributed by atoms with Crippen molar-refractivity contribution in [2.24, 2.45) is 0 Å². The lowest BCUT2D eigenvalue weighted by Crippen LogP contribution is -1.95. The Kier molecular flexibility index (Phi) is 4.82. The summed E-state index contributed by atoms with van der Waals surface area (Å²) in [6.45, 7) is 0. The van der Waals surface area contributed by atoms with E-state index in [4.69, 9.17) is 4.74 Å². The summed E-state index contributed by atoms with van der Waals surface area (Å²) < 4.78 is 18.9. The molecule has 3 heteroatoms. The van der Waals surface area contributed by atoms with Gasteiger partial charge in [0.05, 0.1) is 0 Å². The monoisotopic (exact) mass is 318 g/mol. The summed E-state index contributed by atoms with van der Waals surface area (Å²) in [6, 6.07) is 22.4. The van der Waals surface area contributed by atoms with Crippen molar-refractivity contribution >= 4 is 11.9 Å². The van der Waals surface area contributed by atoms with Gasteiger partial charge in [0, 0.05) is 5.56 Å². The topological polar surface area (TPSA) is 26.3 Å². The number of carbonyl (C=O) groups is 1. The van der Waals surface area contributed by atoms with Gasteiger partial charge in [0.25, 0.3) is 0 Å². The minimum atomic E-state index is -0.331. The van der Waals surface area contributed by atoms with Crippen LogP contribution in [0.15, 0.2) is 84.9 Å². The summed E-state index contributed by atoms with van der Waals surface area (Å²) in [5.74, 6) is 0.796. The molecular formula is C21H15FO2. The molecule has 0 unspecified atom stereocenters.